The number of methoxy groups -OCH3 is 1. The highest BCUT2D eigenvalue weighted by Crippen LogP contribution is 2.20. The van der Waals surface area contributed by atoms with Crippen molar-refractivity contribution in [1.82, 2.24) is 5.32 Å². The largest absolute Gasteiger partial charge is 0.494 e. The second-order valence-corrected chi connectivity index (χ2v) is 5.02. The zero-order valence-electron chi connectivity index (χ0n) is 12.6. The van der Waals surface area contributed by atoms with Crippen LogP contribution in [0.1, 0.15) is 31.4 Å². The molecule has 1 aromatic carbocycles. The highest BCUT2D eigenvalue weighted by molar-refractivity contribution is 5.81. The number of nitrogens with one attached hydrogen (secondary N) is 1. The Labute approximate surface area is 125 Å². The van der Waals surface area contributed by atoms with Crippen molar-refractivity contribution in [2.75, 3.05) is 26.9 Å². The highest BCUT2D eigenvalue weighted by atomic mass is 16.5. The molecule has 5 nitrogen and oxygen atoms in total. The number of hydrogen-bond donors (Lipinski definition) is 1. The SMILES string of the molecule is CCOc1ccc([C@@H](COC)NC(=O)[C@H]2CCCO2)cc1. The van der Waals surface area contributed by atoms with Crippen LogP contribution in [0.2, 0.25) is 0 Å². The molecular weight excluding hydrogens is 270 g/mol. The minimum Gasteiger partial charge on any atom is -0.494 e. The number of amides is 1. The average molecular weight is 293 g/mol. The molecule has 1 aliphatic rings. The van der Waals surface area contributed by atoms with Gasteiger partial charge in [0, 0.05) is 13.7 Å². The number of carbonyl (C=O) groups is 1. The van der Waals surface area contributed by atoms with E-state index in [0.717, 1.165) is 24.2 Å². The maximum atomic E-state index is 12.2. The van der Waals surface area contributed by atoms with Crippen molar-refractivity contribution in [3.63, 3.8) is 0 Å². The summed E-state index contributed by atoms with van der Waals surface area (Å²) in [5, 5.41) is 3.00. The standard InChI is InChI=1S/C16H23NO4/c1-3-20-13-8-6-12(7-9-13)14(11-19-2)17-16(18)15-5-4-10-21-15/h6-9,14-15H,3-5,10-11H2,1-2H3,(H,17,18)/t14-,15-/m1/s1. The third-order valence-corrected chi connectivity index (χ3v) is 3.47. The molecular formula is C16H23NO4. The van der Waals surface area contributed by atoms with Crippen molar-refractivity contribution in [2.24, 2.45) is 0 Å². The molecule has 2 rings (SSSR count). The van der Waals surface area contributed by atoms with Crippen LogP contribution in [-0.4, -0.2) is 38.9 Å². The molecule has 1 N–H and O–H groups in total. The van der Waals surface area contributed by atoms with Crippen LogP contribution >= 0.6 is 0 Å². The average Bonchev–Trinajstić information content (AvgIpc) is 3.02. The van der Waals surface area contributed by atoms with Crippen molar-refractivity contribution < 1.29 is 19.0 Å². The first-order valence-electron chi connectivity index (χ1n) is 7.38. The van der Waals surface area contributed by atoms with Crippen LogP contribution in [0.3, 0.4) is 0 Å². The Kier molecular flexibility index (Phi) is 6.02. The third kappa shape index (κ3) is 4.44. The molecule has 0 spiro atoms. The van der Waals surface area contributed by atoms with E-state index in [9.17, 15) is 4.79 Å². The first-order chi connectivity index (χ1) is 10.2. The third-order valence-electron chi connectivity index (χ3n) is 3.47. The quantitative estimate of drug-likeness (QED) is 0.836. The van der Waals surface area contributed by atoms with Gasteiger partial charge in [-0.25, -0.2) is 0 Å². The number of ether oxygens (including phenoxy) is 3. The maximum absolute atomic E-state index is 12.2. The fourth-order valence-corrected chi connectivity index (χ4v) is 2.40. The number of hydrogen-bond acceptors (Lipinski definition) is 4. The van der Waals surface area contributed by atoms with Crippen LogP contribution in [0.25, 0.3) is 0 Å². The van der Waals surface area contributed by atoms with Gasteiger partial charge in [-0.15, -0.1) is 0 Å². The summed E-state index contributed by atoms with van der Waals surface area (Å²) in [4.78, 5) is 12.2. The van der Waals surface area contributed by atoms with Gasteiger partial charge < -0.3 is 19.5 Å². The molecule has 1 amide bonds. The molecule has 21 heavy (non-hydrogen) atoms. The first-order valence-corrected chi connectivity index (χ1v) is 7.38. The van der Waals surface area contributed by atoms with E-state index in [1.807, 2.05) is 31.2 Å². The fourth-order valence-electron chi connectivity index (χ4n) is 2.40. The van der Waals surface area contributed by atoms with Gasteiger partial charge in [0.2, 0.25) is 5.91 Å². The van der Waals surface area contributed by atoms with Gasteiger partial charge >= 0.3 is 0 Å². The lowest BCUT2D eigenvalue weighted by atomic mass is 10.1. The second-order valence-electron chi connectivity index (χ2n) is 5.02. The Morgan fingerprint density at radius 1 is 1.43 bits per heavy atom. The number of carbonyl (C=O) groups excluding carboxylic acids is 1. The van der Waals surface area contributed by atoms with Crippen molar-refractivity contribution in [3.8, 4) is 5.75 Å². The molecule has 1 fully saturated rings. The minimum atomic E-state index is -0.327. The van der Waals surface area contributed by atoms with E-state index in [1.54, 1.807) is 7.11 Å². The molecule has 0 bridgehead atoms. The van der Waals surface area contributed by atoms with Gasteiger partial charge in [0.05, 0.1) is 19.3 Å². The summed E-state index contributed by atoms with van der Waals surface area (Å²) in [7, 11) is 1.62. The van der Waals surface area contributed by atoms with E-state index in [-0.39, 0.29) is 18.1 Å². The summed E-state index contributed by atoms with van der Waals surface area (Å²) in [5.74, 6) is 0.756. The zero-order valence-corrected chi connectivity index (χ0v) is 12.6. The van der Waals surface area contributed by atoms with Gasteiger partial charge in [-0.05, 0) is 37.5 Å². The van der Waals surface area contributed by atoms with Gasteiger partial charge in [0.25, 0.3) is 0 Å². The van der Waals surface area contributed by atoms with E-state index >= 15 is 0 Å². The molecule has 1 aliphatic heterocycles. The molecule has 0 unspecified atom stereocenters. The summed E-state index contributed by atoms with van der Waals surface area (Å²) >= 11 is 0. The van der Waals surface area contributed by atoms with E-state index in [1.165, 1.54) is 0 Å². The molecule has 0 radical (unpaired) electrons. The minimum absolute atomic E-state index is 0.0663. The molecule has 1 saturated heterocycles. The van der Waals surface area contributed by atoms with E-state index in [4.69, 9.17) is 14.2 Å². The highest BCUT2D eigenvalue weighted by Gasteiger charge is 2.26. The number of rotatable bonds is 7. The molecule has 0 saturated carbocycles. The van der Waals surface area contributed by atoms with Gasteiger partial charge in [-0.1, -0.05) is 12.1 Å². The summed E-state index contributed by atoms with van der Waals surface area (Å²) < 4.78 is 16.0. The maximum Gasteiger partial charge on any atom is 0.249 e. The van der Waals surface area contributed by atoms with Gasteiger partial charge in [0.1, 0.15) is 11.9 Å². The fraction of sp³-hybridized carbons (Fsp3) is 0.562. The molecule has 5 heteroatoms. The summed E-state index contributed by atoms with van der Waals surface area (Å²) in [5.41, 5.74) is 0.992. The smallest absolute Gasteiger partial charge is 0.249 e. The van der Waals surface area contributed by atoms with Crippen LogP contribution in [0, 0.1) is 0 Å². The van der Waals surface area contributed by atoms with E-state index < -0.39 is 0 Å². The van der Waals surface area contributed by atoms with Crippen LogP contribution in [0.15, 0.2) is 24.3 Å². The lowest BCUT2D eigenvalue weighted by molar-refractivity contribution is -0.131. The lowest BCUT2D eigenvalue weighted by Gasteiger charge is -2.20. The molecule has 1 heterocycles. The Balaban J connectivity index is 2.01. The van der Waals surface area contributed by atoms with Crippen LogP contribution in [0.4, 0.5) is 0 Å². The Morgan fingerprint density at radius 3 is 2.76 bits per heavy atom. The molecule has 116 valence electrons. The van der Waals surface area contributed by atoms with Gasteiger partial charge in [-0.2, -0.15) is 0 Å². The molecule has 2 atom stereocenters. The van der Waals surface area contributed by atoms with E-state index in [0.29, 0.717) is 19.8 Å². The van der Waals surface area contributed by atoms with Crippen LogP contribution < -0.4 is 10.1 Å². The Bertz CT molecular complexity index is 440. The van der Waals surface area contributed by atoms with Crippen molar-refractivity contribution in [2.45, 2.75) is 31.9 Å². The summed E-state index contributed by atoms with van der Waals surface area (Å²) in [6.07, 6.45) is 1.40. The number of benzene rings is 1. The van der Waals surface area contributed by atoms with Gasteiger partial charge in [0.15, 0.2) is 0 Å². The lowest BCUT2D eigenvalue weighted by Crippen LogP contribution is -2.38. The van der Waals surface area contributed by atoms with E-state index in [2.05, 4.69) is 5.32 Å². The van der Waals surface area contributed by atoms with Crippen molar-refractivity contribution in [3.05, 3.63) is 29.8 Å². The predicted molar refractivity (Wildman–Crippen MR) is 79.3 cm³/mol. The Morgan fingerprint density at radius 2 is 2.19 bits per heavy atom. The van der Waals surface area contributed by atoms with Crippen LogP contribution in [0.5, 0.6) is 5.75 Å². The molecule has 0 aliphatic carbocycles. The summed E-state index contributed by atoms with van der Waals surface area (Å²) in [6.45, 7) is 3.67. The topological polar surface area (TPSA) is 56.8 Å². The van der Waals surface area contributed by atoms with Gasteiger partial charge in [-0.3, -0.25) is 4.79 Å². The second kappa shape index (κ2) is 8.00. The molecule has 0 aromatic heterocycles. The van der Waals surface area contributed by atoms with Crippen molar-refractivity contribution in [1.29, 1.82) is 0 Å². The predicted octanol–water partition coefficient (Wildman–Crippen LogP) is 2.07. The Hall–Kier alpha value is -1.59. The monoisotopic (exact) mass is 293 g/mol. The molecule has 1 aromatic rings. The van der Waals surface area contributed by atoms with Crippen LogP contribution in [-0.2, 0) is 14.3 Å². The normalized spacial score (nSPS) is 19.2. The zero-order chi connectivity index (χ0) is 15.1. The first kappa shape index (κ1) is 15.8. The summed E-state index contributed by atoms with van der Waals surface area (Å²) in [6, 6.07) is 7.52. The van der Waals surface area contributed by atoms with Crippen molar-refractivity contribution >= 4 is 5.91 Å².